The van der Waals surface area contributed by atoms with E-state index in [9.17, 15) is 4.79 Å². The van der Waals surface area contributed by atoms with Gasteiger partial charge in [-0.1, -0.05) is 54.6 Å². The smallest absolute Gasteiger partial charge is 0.337 e. The molecule has 36 heavy (non-hydrogen) atoms. The number of carbonyl (C=O) groups excluding carboxylic acids is 1. The van der Waals surface area contributed by atoms with Gasteiger partial charge in [-0.2, -0.15) is 0 Å². The number of ether oxygens (including phenoxy) is 3. The zero-order chi connectivity index (χ0) is 24.9. The number of fused-ring (bicyclic) bond motifs is 2. The predicted octanol–water partition coefficient (Wildman–Crippen LogP) is 5.37. The Kier molecular flexibility index (Phi) is 7.05. The van der Waals surface area contributed by atoms with Crippen LogP contribution in [-0.4, -0.2) is 45.9 Å². The van der Waals surface area contributed by atoms with Crippen molar-refractivity contribution in [1.82, 2.24) is 5.32 Å². The summed E-state index contributed by atoms with van der Waals surface area (Å²) in [4.78, 5) is 14.4. The second kappa shape index (κ2) is 10.7. The highest BCUT2D eigenvalue weighted by atomic mass is 16.5. The molecule has 1 N–H and O–H groups in total. The van der Waals surface area contributed by atoms with Gasteiger partial charge in [0.15, 0.2) is 0 Å². The van der Waals surface area contributed by atoms with E-state index < -0.39 is 0 Å². The predicted molar refractivity (Wildman–Crippen MR) is 143 cm³/mol. The fourth-order valence-electron chi connectivity index (χ4n) is 4.78. The lowest BCUT2D eigenvalue weighted by Crippen LogP contribution is -2.44. The topological polar surface area (TPSA) is 60.0 Å². The molecule has 4 aromatic carbocycles. The molecule has 0 spiro atoms. The molecule has 6 nitrogen and oxygen atoms in total. The van der Waals surface area contributed by atoms with Crippen molar-refractivity contribution in [3.63, 3.8) is 0 Å². The van der Waals surface area contributed by atoms with E-state index in [-0.39, 0.29) is 12.1 Å². The highest BCUT2D eigenvalue weighted by Gasteiger charge is 2.28. The van der Waals surface area contributed by atoms with Gasteiger partial charge in [-0.05, 0) is 59.6 Å². The molecular formula is C30H30N2O4. The van der Waals surface area contributed by atoms with Crippen molar-refractivity contribution in [1.29, 1.82) is 0 Å². The van der Waals surface area contributed by atoms with E-state index in [1.165, 1.54) is 23.4 Å². The summed E-state index contributed by atoms with van der Waals surface area (Å²) in [6, 6.07) is 28.2. The SMILES string of the molecule is COC(=O)c1ccc(OC)c(N2C[C@@H](CNCCc3cccc4ccccc34)Oc3ccccc32)c1. The number of benzene rings is 4. The van der Waals surface area contributed by atoms with Crippen molar-refractivity contribution in [3.05, 3.63) is 96.1 Å². The van der Waals surface area contributed by atoms with Crippen LogP contribution in [0.4, 0.5) is 11.4 Å². The minimum Gasteiger partial charge on any atom is -0.495 e. The van der Waals surface area contributed by atoms with Gasteiger partial charge in [0, 0.05) is 6.54 Å². The van der Waals surface area contributed by atoms with E-state index >= 15 is 0 Å². The molecule has 5 rings (SSSR count). The second-order valence-electron chi connectivity index (χ2n) is 8.79. The Balaban J connectivity index is 1.32. The molecule has 184 valence electrons. The monoisotopic (exact) mass is 482 g/mol. The second-order valence-corrected chi connectivity index (χ2v) is 8.79. The Hall–Kier alpha value is -4.03. The summed E-state index contributed by atoms with van der Waals surface area (Å²) in [6.07, 6.45) is 0.850. The molecule has 6 heteroatoms. The van der Waals surface area contributed by atoms with E-state index in [2.05, 4.69) is 52.7 Å². The van der Waals surface area contributed by atoms with Gasteiger partial charge in [0.05, 0.1) is 37.7 Å². The summed E-state index contributed by atoms with van der Waals surface area (Å²) in [5.74, 6) is 1.10. The number of esters is 1. The molecule has 0 unspecified atom stereocenters. The van der Waals surface area contributed by atoms with E-state index in [1.807, 2.05) is 30.3 Å². The van der Waals surface area contributed by atoms with E-state index in [1.54, 1.807) is 19.2 Å². The number of rotatable bonds is 8. The fraction of sp³-hybridized carbons (Fsp3) is 0.233. The third-order valence-electron chi connectivity index (χ3n) is 6.55. The first-order valence-corrected chi connectivity index (χ1v) is 12.1. The number of nitrogens with zero attached hydrogens (tertiary/aromatic N) is 1. The van der Waals surface area contributed by atoms with Crippen LogP contribution in [0.1, 0.15) is 15.9 Å². The van der Waals surface area contributed by atoms with Gasteiger partial charge in [-0.3, -0.25) is 0 Å². The first-order chi connectivity index (χ1) is 17.7. The minimum absolute atomic E-state index is 0.0843. The largest absolute Gasteiger partial charge is 0.495 e. The summed E-state index contributed by atoms with van der Waals surface area (Å²) in [7, 11) is 3.02. The zero-order valence-corrected chi connectivity index (χ0v) is 20.6. The van der Waals surface area contributed by atoms with Gasteiger partial charge in [0.1, 0.15) is 17.6 Å². The van der Waals surface area contributed by atoms with Crippen molar-refractivity contribution in [3.8, 4) is 11.5 Å². The Labute approximate surface area is 211 Å². The van der Waals surface area contributed by atoms with Crippen LogP contribution in [0.15, 0.2) is 84.9 Å². The van der Waals surface area contributed by atoms with Crippen molar-refractivity contribution in [2.45, 2.75) is 12.5 Å². The molecule has 0 saturated heterocycles. The zero-order valence-electron chi connectivity index (χ0n) is 20.6. The van der Waals surface area contributed by atoms with Crippen molar-refractivity contribution in [2.24, 2.45) is 0 Å². The lowest BCUT2D eigenvalue weighted by atomic mass is 10.0. The summed E-state index contributed by atoms with van der Waals surface area (Å²) < 4.78 is 16.9. The van der Waals surface area contributed by atoms with Gasteiger partial charge in [0.2, 0.25) is 0 Å². The van der Waals surface area contributed by atoms with Gasteiger partial charge in [0.25, 0.3) is 0 Å². The Morgan fingerprint density at radius 2 is 1.78 bits per heavy atom. The van der Waals surface area contributed by atoms with E-state index in [4.69, 9.17) is 14.2 Å². The van der Waals surface area contributed by atoms with Crippen LogP contribution in [0, 0.1) is 0 Å². The number of carbonyl (C=O) groups is 1. The summed E-state index contributed by atoms with van der Waals surface area (Å²) in [5, 5.41) is 6.15. The lowest BCUT2D eigenvalue weighted by molar-refractivity contribution is 0.0600. The van der Waals surface area contributed by atoms with Crippen LogP contribution < -0.4 is 19.7 Å². The number of para-hydroxylation sites is 2. The Morgan fingerprint density at radius 1 is 0.972 bits per heavy atom. The quantitative estimate of drug-likeness (QED) is 0.269. The summed E-state index contributed by atoms with van der Waals surface area (Å²) in [5.41, 5.74) is 3.55. The first-order valence-electron chi connectivity index (χ1n) is 12.1. The third-order valence-corrected chi connectivity index (χ3v) is 6.55. The average Bonchev–Trinajstić information content (AvgIpc) is 2.94. The highest BCUT2D eigenvalue weighted by Crippen LogP contribution is 2.42. The molecular weight excluding hydrogens is 452 g/mol. The van der Waals surface area contributed by atoms with Crippen molar-refractivity contribution < 1.29 is 19.0 Å². The minimum atomic E-state index is -0.382. The molecule has 0 aliphatic carbocycles. The van der Waals surface area contributed by atoms with Crippen molar-refractivity contribution in [2.75, 3.05) is 38.8 Å². The molecule has 1 heterocycles. The first kappa shape index (κ1) is 23.7. The molecule has 0 aromatic heterocycles. The van der Waals surface area contributed by atoms with Crippen LogP contribution in [0.25, 0.3) is 10.8 Å². The maximum Gasteiger partial charge on any atom is 0.337 e. The molecule has 4 aromatic rings. The molecule has 1 aliphatic heterocycles. The molecule has 0 amide bonds. The maximum atomic E-state index is 12.2. The number of anilines is 2. The van der Waals surface area contributed by atoms with E-state index in [0.717, 1.165) is 30.1 Å². The van der Waals surface area contributed by atoms with Crippen LogP contribution in [-0.2, 0) is 11.2 Å². The summed E-state index contributed by atoms with van der Waals surface area (Å²) in [6.45, 7) is 2.14. The summed E-state index contributed by atoms with van der Waals surface area (Å²) >= 11 is 0. The van der Waals surface area contributed by atoms with Crippen LogP contribution >= 0.6 is 0 Å². The molecule has 0 fully saturated rings. The fourth-order valence-corrected chi connectivity index (χ4v) is 4.78. The number of methoxy groups -OCH3 is 2. The maximum absolute atomic E-state index is 12.2. The third kappa shape index (κ3) is 4.86. The standard InChI is InChI=1S/C30H30N2O4/c1-34-28-15-14-23(30(33)35-2)18-27(28)32-20-24(36-29-13-6-5-12-26(29)32)19-31-17-16-22-10-7-9-21-8-3-4-11-25(21)22/h3-15,18,24,31H,16-17,19-20H2,1-2H3/t24-/m1/s1. The lowest BCUT2D eigenvalue weighted by Gasteiger charge is -2.37. The number of hydrogen-bond donors (Lipinski definition) is 1. The molecule has 1 aliphatic rings. The molecule has 0 saturated carbocycles. The normalized spacial score (nSPS) is 14.7. The Morgan fingerprint density at radius 3 is 2.64 bits per heavy atom. The average molecular weight is 483 g/mol. The molecule has 0 radical (unpaired) electrons. The number of hydrogen-bond acceptors (Lipinski definition) is 6. The van der Waals surface area contributed by atoms with Crippen LogP contribution in [0.3, 0.4) is 0 Å². The molecule has 0 bridgehead atoms. The number of nitrogens with one attached hydrogen (secondary N) is 1. The van der Waals surface area contributed by atoms with Gasteiger partial charge < -0.3 is 24.4 Å². The highest BCUT2D eigenvalue weighted by molar-refractivity contribution is 5.92. The van der Waals surface area contributed by atoms with E-state index in [0.29, 0.717) is 24.4 Å². The van der Waals surface area contributed by atoms with Crippen LogP contribution in [0.2, 0.25) is 0 Å². The van der Waals surface area contributed by atoms with Gasteiger partial charge >= 0.3 is 5.97 Å². The Bertz CT molecular complexity index is 1360. The van der Waals surface area contributed by atoms with Crippen LogP contribution in [0.5, 0.6) is 11.5 Å². The van der Waals surface area contributed by atoms with Gasteiger partial charge in [-0.25, -0.2) is 4.79 Å². The van der Waals surface area contributed by atoms with Gasteiger partial charge in [-0.15, -0.1) is 0 Å². The van der Waals surface area contributed by atoms with Crippen molar-refractivity contribution >= 4 is 28.1 Å². The molecule has 1 atom stereocenters.